The molecule has 1 amide bonds. The van der Waals surface area contributed by atoms with E-state index in [4.69, 9.17) is 15.9 Å². The van der Waals surface area contributed by atoms with Crippen molar-refractivity contribution < 1.29 is 9.53 Å². The van der Waals surface area contributed by atoms with E-state index in [0.29, 0.717) is 17.9 Å². The molecule has 0 fully saturated rings. The molecule has 0 heterocycles. The van der Waals surface area contributed by atoms with E-state index in [1.807, 2.05) is 0 Å². The maximum atomic E-state index is 11.0. The minimum Gasteiger partial charge on any atom is -0.450 e. The van der Waals surface area contributed by atoms with Crippen LogP contribution in [-0.2, 0) is 4.74 Å². The summed E-state index contributed by atoms with van der Waals surface area (Å²) in [7, 11) is 0. The van der Waals surface area contributed by atoms with Crippen LogP contribution in [0, 0.1) is 5.41 Å². The zero-order chi connectivity index (χ0) is 11.3. The van der Waals surface area contributed by atoms with Crippen LogP contribution in [0.1, 0.15) is 12.5 Å². The van der Waals surface area contributed by atoms with E-state index in [9.17, 15) is 4.79 Å². The lowest BCUT2D eigenvalue weighted by Crippen LogP contribution is -2.14. The number of amides is 1. The van der Waals surface area contributed by atoms with Crippen LogP contribution in [0.5, 0.6) is 0 Å². The van der Waals surface area contributed by atoms with Crippen molar-refractivity contribution in [3.8, 4) is 0 Å². The Hall–Kier alpha value is -2.04. The van der Waals surface area contributed by atoms with Crippen LogP contribution in [0.3, 0.4) is 0 Å². The lowest BCUT2D eigenvalue weighted by molar-refractivity contribution is 0.168. The Labute approximate surface area is 87.7 Å². The Balaban J connectivity index is 2.64. The molecule has 0 atom stereocenters. The van der Waals surface area contributed by atoms with Gasteiger partial charge in [-0.2, -0.15) is 0 Å². The van der Waals surface area contributed by atoms with Gasteiger partial charge in [0, 0.05) is 11.3 Å². The van der Waals surface area contributed by atoms with Crippen molar-refractivity contribution in [2.75, 3.05) is 11.9 Å². The number of anilines is 1. The average molecular weight is 207 g/mol. The van der Waals surface area contributed by atoms with Gasteiger partial charge in [-0.05, 0) is 31.2 Å². The van der Waals surface area contributed by atoms with Gasteiger partial charge in [0.15, 0.2) is 0 Å². The highest BCUT2D eigenvalue weighted by Crippen LogP contribution is 2.09. The molecule has 15 heavy (non-hydrogen) atoms. The highest BCUT2D eigenvalue weighted by Gasteiger charge is 2.01. The second-order valence-electron chi connectivity index (χ2n) is 2.84. The molecular weight excluding hydrogens is 194 g/mol. The molecule has 0 saturated heterocycles. The Morgan fingerprint density at radius 1 is 1.47 bits per heavy atom. The smallest absolute Gasteiger partial charge is 0.411 e. The number of benzene rings is 1. The van der Waals surface area contributed by atoms with Gasteiger partial charge < -0.3 is 10.5 Å². The summed E-state index contributed by atoms with van der Waals surface area (Å²) in [4.78, 5) is 11.0. The molecule has 0 aliphatic heterocycles. The van der Waals surface area contributed by atoms with Crippen molar-refractivity contribution >= 4 is 17.6 Å². The Kier molecular flexibility index (Phi) is 3.68. The zero-order valence-electron chi connectivity index (χ0n) is 8.41. The van der Waals surface area contributed by atoms with Gasteiger partial charge in [-0.1, -0.05) is 0 Å². The Morgan fingerprint density at radius 2 is 2.07 bits per heavy atom. The number of nitrogens with two attached hydrogens (primary N) is 1. The highest BCUT2D eigenvalue weighted by molar-refractivity contribution is 5.95. The maximum absolute atomic E-state index is 11.0. The summed E-state index contributed by atoms with van der Waals surface area (Å²) in [6, 6.07) is 6.63. The summed E-state index contributed by atoms with van der Waals surface area (Å²) in [6.07, 6.45) is -0.493. The van der Waals surface area contributed by atoms with Crippen LogP contribution < -0.4 is 11.1 Å². The molecular formula is C10H13N3O2. The third-order valence-corrected chi connectivity index (χ3v) is 1.72. The van der Waals surface area contributed by atoms with Crippen LogP contribution in [0.25, 0.3) is 0 Å². The lowest BCUT2D eigenvalue weighted by Gasteiger charge is -2.05. The number of nitrogen functional groups attached to an aromatic ring is 1. The Bertz CT molecular complexity index is 359. The molecule has 1 rings (SSSR count). The summed E-state index contributed by atoms with van der Waals surface area (Å²) in [6.45, 7) is 2.07. The second-order valence-corrected chi connectivity index (χ2v) is 2.84. The summed E-state index contributed by atoms with van der Waals surface area (Å²) in [5.41, 5.74) is 6.51. The molecule has 0 saturated carbocycles. The van der Waals surface area contributed by atoms with Crippen LogP contribution in [-0.4, -0.2) is 18.5 Å². The number of rotatable bonds is 3. The SMILES string of the molecule is CCOC(=O)Nc1ccc(C(=N)N)cc1. The fourth-order valence-electron chi connectivity index (χ4n) is 1.02. The zero-order valence-corrected chi connectivity index (χ0v) is 8.41. The number of carbonyl (C=O) groups excluding carboxylic acids is 1. The van der Waals surface area contributed by atoms with Gasteiger partial charge in [0.2, 0.25) is 0 Å². The predicted octanol–water partition coefficient (Wildman–Crippen LogP) is 1.54. The van der Waals surface area contributed by atoms with Gasteiger partial charge in [0.05, 0.1) is 6.61 Å². The summed E-state index contributed by atoms with van der Waals surface area (Å²) in [5, 5.41) is 9.72. The first kappa shape index (κ1) is 11.0. The average Bonchev–Trinajstić information content (AvgIpc) is 2.18. The molecule has 5 heteroatoms. The van der Waals surface area contributed by atoms with Gasteiger partial charge in [-0.3, -0.25) is 10.7 Å². The Morgan fingerprint density at radius 3 is 2.53 bits per heavy atom. The molecule has 80 valence electrons. The van der Waals surface area contributed by atoms with E-state index in [1.165, 1.54) is 0 Å². The molecule has 4 N–H and O–H groups in total. The fourth-order valence-corrected chi connectivity index (χ4v) is 1.02. The normalized spacial score (nSPS) is 9.40. The third-order valence-electron chi connectivity index (χ3n) is 1.72. The summed E-state index contributed by atoms with van der Waals surface area (Å²) in [5.74, 6) is -0.00214. The summed E-state index contributed by atoms with van der Waals surface area (Å²) >= 11 is 0. The highest BCUT2D eigenvalue weighted by atomic mass is 16.5. The minimum absolute atomic E-state index is 0.00214. The monoisotopic (exact) mass is 207 g/mol. The summed E-state index contributed by atoms with van der Waals surface area (Å²) < 4.78 is 4.71. The van der Waals surface area contributed by atoms with E-state index in [1.54, 1.807) is 31.2 Å². The van der Waals surface area contributed by atoms with Gasteiger partial charge in [-0.15, -0.1) is 0 Å². The van der Waals surface area contributed by atoms with Crippen molar-refractivity contribution in [3.63, 3.8) is 0 Å². The third kappa shape index (κ3) is 3.30. The molecule has 0 bridgehead atoms. The first-order valence-electron chi connectivity index (χ1n) is 4.51. The second kappa shape index (κ2) is 4.99. The van der Waals surface area contributed by atoms with Crippen LogP contribution in [0.15, 0.2) is 24.3 Å². The van der Waals surface area contributed by atoms with Gasteiger partial charge in [0.1, 0.15) is 5.84 Å². The molecule has 0 aromatic heterocycles. The van der Waals surface area contributed by atoms with E-state index in [0.717, 1.165) is 0 Å². The molecule has 5 nitrogen and oxygen atoms in total. The number of carbonyl (C=O) groups is 1. The largest absolute Gasteiger partial charge is 0.450 e. The fraction of sp³-hybridized carbons (Fsp3) is 0.200. The van der Waals surface area contributed by atoms with Crippen LogP contribution in [0.4, 0.5) is 10.5 Å². The maximum Gasteiger partial charge on any atom is 0.411 e. The molecule has 0 spiro atoms. The van der Waals surface area contributed by atoms with E-state index in [2.05, 4.69) is 5.32 Å². The van der Waals surface area contributed by atoms with Crippen molar-refractivity contribution in [2.45, 2.75) is 6.92 Å². The van der Waals surface area contributed by atoms with E-state index in [-0.39, 0.29) is 5.84 Å². The quantitative estimate of drug-likeness (QED) is 0.519. The minimum atomic E-state index is -0.493. The predicted molar refractivity (Wildman–Crippen MR) is 58.1 cm³/mol. The number of hydrogen-bond donors (Lipinski definition) is 3. The first-order chi connectivity index (χ1) is 7.13. The van der Waals surface area contributed by atoms with E-state index >= 15 is 0 Å². The topological polar surface area (TPSA) is 88.2 Å². The van der Waals surface area contributed by atoms with Gasteiger partial charge >= 0.3 is 6.09 Å². The molecule has 1 aromatic rings. The molecule has 0 aliphatic rings. The molecule has 1 aromatic carbocycles. The standard InChI is InChI=1S/C10H13N3O2/c1-2-15-10(14)13-8-5-3-7(4-6-8)9(11)12/h3-6H,2H2,1H3,(H3,11,12)(H,13,14). The number of nitrogens with one attached hydrogen (secondary N) is 2. The van der Waals surface area contributed by atoms with Crippen molar-refractivity contribution in [2.24, 2.45) is 5.73 Å². The molecule has 0 radical (unpaired) electrons. The lowest BCUT2D eigenvalue weighted by atomic mass is 10.2. The molecule has 0 unspecified atom stereocenters. The first-order valence-corrected chi connectivity index (χ1v) is 4.51. The van der Waals surface area contributed by atoms with Crippen LogP contribution in [0.2, 0.25) is 0 Å². The number of hydrogen-bond acceptors (Lipinski definition) is 3. The van der Waals surface area contributed by atoms with Crippen molar-refractivity contribution in [1.82, 2.24) is 0 Å². The molecule has 0 aliphatic carbocycles. The number of amidine groups is 1. The van der Waals surface area contributed by atoms with Crippen molar-refractivity contribution in [1.29, 1.82) is 5.41 Å². The van der Waals surface area contributed by atoms with Gasteiger partial charge in [0.25, 0.3) is 0 Å². The van der Waals surface area contributed by atoms with Crippen molar-refractivity contribution in [3.05, 3.63) is 29.8 Å². The van der Waals surface area contributed by atoms with Gasteiger partial charge in [-0.25, -0.2) is 4.79 Å². The van der Waals surface area contributed by atoms with Crippen LogP contribution >= 0.6 is 0 Å². The van der Waals surface area contributed by atoms with E-state index < -0.39 is 6.09 Å². The number of ether oxygens (including phenoxy) is 1.